The van der Waals surface area contributed by atoms with Gasteiger partial charge in [0.25, 0.3) is 0 Å². The van der Waals surface area contributed by atoms with Crippen LogP contribution in [0.1, 0.15) is 223 Å². The molecular weight excluding hydrogens is 1000 g/mol. The van der Waals surface area contributed by atoms with E-state index in [9.17, 15) is 45.1 Å². The van der Waals surface area contributed by atoms with Gasteiger partial charge in [-0.05, 0) is 165 Å². The smallest absolute Gasteiger partial charge is 0.744 e. The maximum absolute atomic E-state index is 12.6. The van der Waals surface area contributed by atoms with Crippen molar-refractivity contribution < 1.29 is 64.1 Å². The first-order valence-electron chi connectivity index (χ1n) is 26.1. The average molecular weight is 1080 g/mol. The van der Waals surface area contributed by atoms with Gasteiger partial charge in [0, 0.05) is 0 Å². The minimum Gasteiger partial charge on any atom is -0.744 e. The zero-order valence-electron chi connectivity index (χ0n) is 44.1. The van der Waals surface area contributed by atoms with Crippen LogP contribution >= 0.6 is 0 Å². The van der Waals surface area contributed by atoms with Crippen molar-refractivity contribution in [3.63, 3.8) is 0 Å². The number of unbranched alkanes of at least 4 members (excludes halogenated alkanes) is 16. The van der Waals surface area contributed by atoms with Gasteiger partial charge in [-0.2, -0.15) is 0 Å². The summed E-state index contributed by atoms with van der Waals surface area (Å²) in [6.07, 6.45) is 39.9. The van der Waals surface area contributed by atoms with Gasteiger partial charge in [0.05, 0.1) is 58.5 Å². The molecule has 0 saturated carbocycles. The van der Waals surface area contributed by atoms with Crippen molar-refractivity contribution >= 4 is 81.9 Å². The molecule has 2 aromatic carbocycles. The monoisotopic (exact) mass is 1080 g/mol. The fourth-order valence-electron chi connectivity index (χ4n) is 6.80. The second-order valence-electron chi connectivity index (χ2n) is 17.3. The number of esters is 4. The fourth-order valence-corrected chi connectivity index (χ4v) is 7.79. The summed E-state index contributed by atoms with van der Waals surface area (Å²) in [5.41, 5.74) is -0.784. The van der Waals surface area contributed by atoms with E-state index in [2.05, 4.69) is 76.3 Å². The second-order valence-corrected chi connectivity index (χ2v) is 20.1. The quantitative estimate of drug-likeness (QED) is 0.0152. The summed E-state index contributed by atoms with van der Waals surface area (Å²) in [6.45, 7) is 9.14. The van der Waals surface area contributed by atoms with E-state index in [4.69, 9.17) is 18.9 Å². The molecule has 0 atom stereocenters. The molecule has 2 rings (SSSR count). The Hall–Kier alpha value is -3.64. The van der Waals surface area contributed by atoms with Crippen LogP contribution in [0, 0.1) is 0 Å². The predicted octanol–water partition coefficient (Wildman–Crippen LogP) is 13.1. The van der Waals surface area contributed by atoms with Crippen molar-refractivity contribution in [2.75, 3.05) is 26.4 Å². The maximum atomic E-state index is 12.6. The normalized spacial score (nSPS) is 11.7. The molecule has 0 bridgehead atoms. The van der Waals surface area contributed by atoms with Crippen molar-refractivity contribution in [3.8, 4) is 0 Å². The maximum Gasteiger partial charge on any atom is 2.00 e. The van der Waals surface area contributed by atoms with Crippen LogP contribution in [-0.2, 0) is 39.2 Å². The molecule has 0 saturated heterocycles. The molecule has 0 amide bonds. The largest absolute Gasteiger partial charge is 2.00 e. The van der Waals surface area contributed by atoms with Gasteiger partial charge in [-0.3, -0.25) is 0 Å². The number of carbonyl (C=O) groups is 4. The molecular formula is C56H82CaO14S2. The molecule has 0 fully saturated rings. The summed E-state index contributed by atoms with van der Waals surface area (Å²) in [5, 5.41) is 0. The molecule has 0 radical (unpaired) electrons. The summed E-state index contributed by atoms with van der Waals surface area (Å²) in [4.78, 5) is 49.2. The average Bonchev–Trinajstić information content (AvgIpc) is 3.35. The van der Waals surface area contributed by atoms with E-state index in [-0.39, 0.29) is 86.4 Å². The Morgan fingerprint density at radius 1 is 0.370 bits per heavy atom. The fraction of sp³-hybridized carbons (Fsp3) is 0.571. The van der Waals surface area contributed by atoms with Gasteiger partial charge in [-0.15, -0.1) is 0 Å². The van der Waals surface area contributed by atoms with Crippen molar-refractivity contribution in [1.29, 1.82) is 0 Å². The number of rotatable bonds is 38. The molecule has 404 valence electrons. The second kappa shape index (κ2) is 43.6. The van der Waals surface area contributed by atoms with E-state index in [1.54, 1.807) is 0 Å². The molecule has 17 heteroatoms. The van der Waals surface area contributed by atoms with E-state index in [0.717, 1.165) is 165 Å². The number of carbonyl (C=O) groups excluding carboxylic acids is 4. The SMILES string of the molecule is CCC/C=C/CCCCCOC(=O)c1ccc(S(=O)(=O)[O-])cc1C(=O)OCCCCC/C=C/CCC.CCC/C=C/CCCCCOC(=O)c1ccc(S(=O)(=O)[O-])cc1C(=O)OCCCCC/C=C/CCC.[Ca+2]. The Morgan fingerprint density at radius 2 is 0.603 bits per heavy atom. The summed E-state index contributed by atoms with van der Waals surface area (Å²) in [6, 6.07) is 6.05. The number of allylic oxidation sites excluding steroid dienone is 8. The molecule has 0 N–H and O–H groups in total. The summed E-state index contributed by atoms with van der Waals surface area (Å²) in [5.74, 6) is -3.21. The van der Waals surface area contributed by atoms with Crippen LogP contribution in [0.5, 0.6) is 0 Å². The topological polar surface area (TPSA) is 220 Å². The molecule has 0 aliphatic heterocycles. The van der Waals surface area contributed by atoms with Crippen LogP contribution < -0.4 is 0 Å². The standard InChI is InChI=1S/2C28H42O7S.Ca/c2*1-3-5-7-9-11-13-15-17-21-34-27(29)25-20-19-24(36(31,32)33)23-26(25)28(30)35-22-18-16-14-12-10-8-6-4-2;/h2*7-10,19-20,23H,3-6,11-18,21-22H2,1-2H3,(H,31,32,33);/q;;+2/p-2/b2*9-7+,10-8+;. The zero-order valence-corrected chi connectivity index (χ0v) is 48.0. The number of hydrogen-bond donors (Lipinski definition) is 0. The summed E-state index contributed by atoms with van der Waals surface area (Å²) >= 11 is 0. The molecule has 0 unspecified atom stereocenters. The van der Waals surface area contributed by atoms with Crippen molar-refractivity contribution in [2.24, 2.45) is 0 Å². The zero-order chi connectivity index (χ0) is 53.3. The molecule has 0 aliphatic carbocycles. The van der Waals surface area contributed by atoms with Gasteiger partial charge in [0.1, 0.15) is 20.2 Å². The predicted molar refractivity (Wildman–Crippen MR) is 286 cm³/mol. The van der Waals surface area contributed by atoms with Gasteiger partial charge in [-0.25, -0.2) is 36.0 Å². The van der Waals surface area contributed by atoms with Crippen LogP contribution in [0.3, 0.4) is 0 Å². The van der Waals surface area contributed by atoms with Crippen LogP contribution in [0.2, 0.25) is 0 Å². The molecule has 73 heavy (non-hydrogen) atoms. The van der Waals surface area contributed by atoms with E-state index in [0.29, 0.717) is 25.7 Å². The Kier molecular flexibility index (Phi) is 41.4. The summed E-state index contributed by atoms with van der Waals surface area (Å²) in [7, 11) is -9.60. The van der Waals surface area contributed by atoms with Gasteiger partial charge < -0.3 is 28.1 Å². The van der Waals surface area contributed by atoms with Crippen molar-refractivity contribution in [2.45, 2.75) is 192 Å². The third-order valence-corrected chi connectivity index (χ3v) is 12.6. The van der Waals surface area contributed by atoms with Gasteiger partial charge in [0.15, 0.2) is 0 Å². The van der Waals surface area contributed by atoms with E-state index in [1.807, 2.05) is 0 Å². The minimum atomic E-state index is -4.80. The third-order valence-electron chi connectivity index (χ3n) is 10.9. The Labute approximate surface area is 467 Å². The number of hydrogen-bond acceptors (Lipinski definition) is 14. The van der Waals surface area contributed by atoms with Crippen LogP contribution in [-0.4, -0.2) is 114 Å². The van der Waals surface area contributed by atoms with Crippen LogP contribution in [0.25, 0.3) is 0 Å². The van der Waals surface area contributed by atoms with Crippen molar-refractivity contribution in [3.05, 3.63) is 107 Å². The first-order chi connectivity index (χ1) is 34.6. The van der Waals surface area contributed by atoms with Crippen LogP contribution in [0.15, 0.2) is 94.8 Å². The third kappa shape index (κ3) is 33.8. The number of benzene rings is 2. The Bertz CT molecular complexity index is 2060. The molecule has 14 nitrogen and oxygen atoms in total. The first-order valence-corrected chi connectivity index (χ1v) is 28.9. The van der Waals surface area contributed by atoms with E-state index < -0.39 is 53.9 Å². The molecule has 0 aromatic heterocycles. The Morgan fingerprint density at radius 3 is 0.836 bits per heavy atom. The molecule has 2 aromatic rings. The van der Waals surface area contributed by atoms with Crippen LogP contribution in [0.4, 0.5) is 0 Å². The molecule has 0 aliphatic rings. The van der Waals surface area contributed by atoms with E-state index >= 15 is 0 Å². The molecule has 0 heterocycles. The van der Waals surface area contributed by atoms with E-state index in [1.165, 1.54) is 0 Å². The van der Waals surface area contributed by atoms with Gasteiger partial charge in [-0.1, -0.05) is 102 Å². The van der Waals surface area contributed by atoms with Gasteiger partial charge >= 0.3 is 61.6 Å². The van der Waals surface area contributed by atoms with Gasteiger partial charge in [0.2, 0.25) is 0 Å². The van der Waals surface area contributed by atoms with Crippen molar-refractivity contribution in [1.82, 2.24) is 0 Å². The first kappa shape index (κ1) is 69.4. The summed E-state index contributed by atoms with van der Waals surface area (Å²) < 4.78 is 89.7. The number of ether oxygens (including phenoxy) is 4. The Balaban J connectivity index is 0.00000140. The minimum absolute atomic E-state index is 0. The molecule has 0 spiro atoms.